The highest BCUT2D eigenvalue weighted by Crippen LogP contribution is 2.23. The number of sulfone groups is 1. The molecule has 24 heavy (non-hydrogen) atoms. The molecule has 6 heteroatoms. The van der Waals surface area contributed by atoms with Crippen LogP contribution in [0.25, 0.3) is 0 Å². The molecule has 3 rings (SSSR count). The second-order valence-electron chi connectivity index (χ2n) is 5.83. The highest BCUT2D eigenvalue weighted by atomic mass is 35.5. The van der Waals surface area contributed by atoms with Crippen molar-refractivity contribution >= 4 is 27.3 Å². The maximum Gasteiger partial charge on any atom is 0.253 e. The van der Waals surface area contributed by atoms with E-state index in [2.05, 4.69) is 0 Å². The third-order valence-corrected chi connectivity index (χ3v) is 6.22. The summed E-state index contributed by atoms with van der Waals surface area (Å²) in [5, 5.41) is 0.483. The Bertz CT molecular complexity index is 824. The van der Waals surface area contributed by atoms with E-state index in [-0.39, 0.29) is 15.7 Å². The molecule has 0 aromatic heterocycles. The van der Waals surface area contributed by atoms with Gasteiger partial charge in [0.1, 0.15) is 0 Å². The number of halogens is 1. The maximum atomic E-state index is 12.6. The van der Waals surface area contributed by atoms with E-state index in [1.54, 1.807) is 24.3 Å². The van der Waals surface area contributed by atoms with E-state index < -0.39 is 9.84 Å². The number of benzene rings is 2. The summed E-state index contributed by atoms with van der Waals surface area (Å²) in [4.78, 5) is 14.6. The first-order valence-corrected chi connectivity index (χ1v) is 9.74. The van der Waals surface area contributed by atoms with Crippen molar-refractivity contribution in [2.45, 2.75) is 29.1 Å². The minimum Gasteiger partial charge on any atom is -0.339 e. The molecule has 2 aromatic carbocycles. The molecule has 1 saturated heterocycles. The lowest BCUT2D eigenvalue weighted by Crippen LogP contribution is -2.35. The van der Waals surface area contributed by atoms with Gasteiger partial charge in [-0.05, 0) is 67.8 Å². The standard InChI is InChI=1S/C18H18ClNO3S/c19-15-6-10-17(11-7-15)24(22,23)16-8-4-14(5-9-16)18(21)20-12-2-1-3-13-20/h4-11H,1-3,12-13H2. The molecule has 0 radical (unpaired) electrons. The molecule has 0 N–H and O–H groups in total. The van der Waals surface area contributed by atoms with E-state index >= 15 is 0 Å². The number of hydrogen-bond donors (Lipinski definition) is 0. The fourth-order valence-corrected chi connectivity index (χ4v) is 4.19. The van der Waals surface area contributed by atoms with Gasteiger partial charge < -0.3 is 4.90 Å². The van der Waals surface area contributed by atoms with Crippen LogP contribution in [0.3, 0.4) is 0 Å². The quantitative estimate of drug-likeness (QED) is 0.833. The van der Waals surface area contributed by atoms with Crippen LogP contribution in [0.15, 0.2) is 58.3 Å². The van der Waals surface area contributed by atoms with E-state index in [1.807, 2.05) is 4.90 Å². The van der Waals surface area contributed by atoms with Crippen LogP contribution in [0.2, 0.25) is 5.02 Å². The van der Waals surface area contributed by atoms with Gasteiger partial charge in [-0.3, -0.25) is 4.79 Å². The molecule has 4 nitrogen and oxygen atoms in total. The van der Waals surface area contributed by atoms with Gasteiger partial charge in [0.2, 0.25) is 9.84 Å². The SMILES string of the molecule is O=C(c1ccc(S(=O)(=O)c2ccc(Cl)cc2)cc1)N1CCCCC1. The zero-order chi connectivity index (χ0) is 17.2. The highest BCUT2D eigenvalue weighted by Gasteiger charge is 2.21. The Kier molecular flexibility index (Phi) is 4.92. The average Bonchev–Trinajstić information content (AvgIpc) is 2.62. The summed E-state index contributed by atoms with van der Waals surface area (Å²) in [6.45, 7) is 1.54. The van der Waals surface area contributed by atoms with Crippen LogP contribution in [0.1, 0.15) is 29.6 Å². The molecule has 0 aliphatic carbocycles. The van der Waals surface area contributed by atoms with Crippen LogP contribution in [-0.4, -0.2) is 32.3 Å². The number of hydrogen-bond acceptors (Lipinski definition) is 3. The van der Waals surface area contributed by atoms with Crippen LogP contribution in [0.5, 0.6) is 0 Å². The van der Waals surface area contributed by atoms with Crippen molar-refractivity contribution in [2.24, 2.45) is 0 Å². The first-order valence-electron chi connectivity index (χ1n) is 7.88. The van der Waals surface area contributed by atoms with Crippen LogP contribution < -0.4 is 0 Å². The Morgan fingerprint density at radius 3 is 1.88 bits per heavy atom. The summed E-state index contributed by atoms with van der Waals surface area (Å²) in [7, 11) is -3.61. The number of piperidine rings is 1. The lowest BCUT2D eigenvalue weighted by molar-refractivity contribution is 0.0724. The second kappa shape index (κ2) is 6.95. The van der Waals surface area contributed by atoms with Crippen molar-refractivity contribution in [3.63, 3.8) is 0 Å². The second-order valence-corrected chi connectivity index (χ2v) is 8.22. The van der Waals surface area contributed by atoms with Crippen molar-refractivity contribution in [3.05, 3.63) is 59.1 Å². The van der Waals surface area contributed by atoms with Gasteiger partial charge in [-0.15, -0.1) is 0 Å². The Morgan fingerprint density at radius 1 is 0.833 bits per heavy atom. The van der Waals surface area contributed by atoms with Crippen LogP contribution >= 0.6 is 11.6 Å². The molecule has 0 bridgehead atoms. The lowest BCUT2D eigenvalue weighted by atomic mass is 10.1. The lowest BCUT2D eigenvalue weighted by Gasteiger charge is -2.26. The van der Waals surface area contributed by atoms with E-state index in [0.29, 0.717) is 10.6 Å². The first-order chi connectivity index (χ1) is 11.5. The van der Waals surface area contributed by atoms with Crippen LogP contribution in [0, 0.1) is 0 Å². The Hall–Kier alpha value is -1.85. The Labute approximate surface area is 147 Å². The number of carbonyl (C=O) groups excluding carboxylic acids is 1. The van der Waals surface area contributed by atoms with Gasteiger partial charge >= 0.3 is 0 Å². The molecule has 1 heterocycles. The van der Waals surface area contributed by atoms with Crippen molar-refractivity contribution in [1.82, 2.24) is 4.90 Å². The van der Waals surface area contributed by atoms with Gasteiger partial charge in [-0.2, -0.15) is 0 Å². The van der Waals surface area contributed by atoms with Crippen molar-refractivity contribution < 1.29 is 13.2 Å². The normalized spacial score (nSPS) is 15.3. The van der Waals surface area contributed by atoms with E-state index in [9.17, 15) is 13.2 Å². The van der Waals surface area contributed by atoms with Crippen molar-refractivity contribution in [3.8, 4) is 0 Å². The Morgan fingerprint density at radius 2 is 1.33 bits per heavy atom. The summed E-state index contributed by atoms with van der Waals surface area (Å²) in [5.74, 6) is -0.0369. The Balaban J connectivity index is 1.83. The van der Waals surface area contributed by atoms with Gasteiger partial charge in [-0.25, -0.2) is 8.42 Å². The smallest absolute Gasteiger partial charge is 0.253 e. The molecule has 1 aliphatic heterocycles. The van der Waals surface area contributed by atoms with Crippen molar-refractivity contribution in [2.75, 3.05) is 13.1 Å². The third kappa shape index (κ3) is 3.47. The molecule has 1 aliphatic rings. The minimum atomic E-state index is -3.61. The van der Waals surface area contributed by atoms with E-state index in [0.717, 1.165) is 32.4 Å². The van der Waals surface area contributed by atoms with Gasteiger partial charge in [0.05, 0.1) is 9.79 Å². The summed E-state index contributed by atoms with van der Waals surface area (Å²) in [5.41, 5.74) is 0.520. The maximum absolute atomic E-state index is 12.6. The molecule has 0 spiro atoms. The number of rotatable bonds is 3. The molecular weight excluding hydrogens is 346 g/mol. The number of nitrogens with zero attached hydrogens (tertiary/aromatic N) is 1. The van der Waals surface area contributed by atoms with E-state index in [1.165, 1.54) is 24.3 Å². The largest absolute Gasteiger partial charge is 0.339 e. The molecule has 1 amide bonds. The zero-order valence-corrected chi connectivity index (χ0v) is 14.7. The summed E-state index contributed by atoms with van der Waals surface area (Å²) in [6, 6.07) is 12.2. The monoisotopic (exact) mass is 363 g/mol. The van der Waals surface area contributed by atoms with Gasteiger partial charge in [0.15, 0.2) is 0 Å². The predicted molar refractivity (Wildman–Crippen MR) is 93.1 cm³/mol. The van der Waals surface area contributed by atoms with Crippen LogP contribution in [0.4, 0.5) is 0 Å². The minimum absolute atomic E-state index is 0.0369. The number of carbonyl (C=O) groups is 1. The molecule has 0 unspecified atom stereocenters. The predicted octanol–water partition coefficient (Wildman–Crippen LogP) is 3.80. The zero-order valence-electron chi connectivity index (χ0n) is 13.1. The summed E-state index contributed by atoms with van der Waals surface area (Å²) in [6.07, 6.45) is 3.20. The summed E-state index contributed by atoms with van der Waals surface area (Å²) < 4.78 is 25.2. The molecule has 0 atom stereocenters. The number of likely N-dealkylation sites (tertiary alicyclic amines) is 1. The molecule has 0 saturated carbocycles. The number of amides is 1. The fraction of sp³-hybridized carbons (Fsp3) is 0.278. The average molecular weight is 364 g/mol. The van der Waals surface area contributed by atoms with Crippen LogP contribution in [-0.2, 0) is 9.84 Å². The third-order valence-electron chi connectivity index (χ3n) is 4.18. The van der Waals surface area contributed by atoms with Gasteiger partial charge in [-0.1, -0.05) is 11.6 Å². The molecular formula is C18H18ClNO3S. The highest BCUT2D eigenvalue weighted by molar-refractivity contribution is 7.91. The summed E-state index contributed by atoms with van der Waals surface area (Å²) >= 11 is 5.80. The van der Waals surface area contributed by atoms with Crippen molar-refractivity contribution in [1.29, 1.82) is 0 Å². The first kappa shape index (κ1) is 17.0. The molecule has 126 valence electrons. The molecule has 2 aromatic rings. The van der Waals surface area contributed by atoms with E-state index in [4.69, 9.17) is 11.6 Å². The fourth-order valence-electron chi connectivity index (χ4n) is 2.81. The molecule has 1 fully saturated rings. The van der Waals surface area contributed by atoms with Gasteiger partial charge in [0.25, 0.3) is 5.91 Å². The van der Waals surface area contributed by atoms with Gasteiger partial charge in [0, 0.05) is 23.7 Å². The topological polar surface area (TPSA) is 54.5 Å².